The van der Waals surface area contributed by atoms with Gasteiger partial charge in [0, 0.05) is 12.1 Å². The highest BCUT2D eigenvalue weighted by molar-refractivity contribution is 6.24. The molecule has 2 nitrogen and oxygen atoms in total. The van der Waals surface area contributed by atoms with Gasteiger partial charge in [0.2, 0.25) is 0 Å². The molecule has 1 heterocycles. The summed E-state index contributed by atoms with van der Waals surface area (Å²) < 4.78 is 2.30. The van der Waals surface area contributed by atoms with E-state index >= 15 is 0 Å². The molecule has 0 unspecified atom stereocenters. The Hall–Kier alpha value is -6.51. The number of nitrogens with zero attached hydrogens (tertiary/aromatic N) is 2. The molecule has 10 aromatic rings. The second kappa shape index (κ2) is 11.8. The number of rotatable bonds is 5. The Bertz CT molecular complexity index is 2940. The van der Waals surface area contributed by atoms with Crippen LogP contribution in [0, 0.1) is 0 Å². The second-order valence-electron chi connectivity index (χ2n) is 13.4. The molecule has 0 bridgehead atoms. The fourth-order valence-electron chi connectivity index (χ4n) is 8.15. The fourth-order valence-corrected chi connectivity index (χ4v) is 8.15. The summed E-state index contributed by atoms with van der Waals surface area (Å²) in [6, 6.07) is 64.4. The van der Waals surface area contributed by atoms with Gasteiger partial charge in [-0.15, -0.1) is 0 Å². The largest absolute Gasteiger partial charge is 0.296 e. The first-order chi connectivity index (χ1) is 25.2. The minimum atomic E-state index is 0.862. The van der Waals surface area contributed by atoms with Crippen molar-refractivity contribution in [2.75, 3.05) is 0 Å². The summed E-state index contributed by atoms with van der Waals surface area (Å²) in [5.74, 6) is 1.07. The van der Waals surface area contributed by atoms with Crippen molar-refractivity contribution in [3.05, 3.63) is 182 Å². The minimum Gasteiger partial charge on any atom is -0.296 e. The van der Waals surface area contributed by atoms with E-state index in [0.717, 1.165) is 29.0 Å². The number of para-hydroxylation sites is 2. The molecule has 10 rings (SSSR count). The molecule has 9 aromatic carbocycles. The van der Waals surface area contributed by atoms with Gasteiger partial charge in [0.25, 0.3) is 0 Å². The van der Waals surface area contributed by atoms with E-state index in [-0.39, 0.29) is 0 Å². The van der Waals surface area contributed by atoms with Crippen molar-refractivity contribution in [1.29, 1.82) is 0 Å². The summed E-state index contributed by atoms with van der Waals surface area (Å²) in [6.07, 6.45) is 0.862. The summed E-state index contributed by atoms with van der Waals surface area (Å²) in [5, 5.41) is 10.0. The summed E-state index contributed by atoms with van der Waals surface area (Å²) in [4.78, 5) is 4.94. The first kappa shape index (κ1) is 29.4. The molecule has 0 fully saturated rings. The van der Waals surface area contributed by atoms with Crippen molar-refractivity contribution >= 4 is 54.1 Å². The molecule has 0 amide bonds. The van der Waals surface area contributed by atoms with Crippen LogP contribution in [0.4, 0.5) is 0 Å². The fraction of sp³-hybridized carbons (Fsp3) is 0.0408. The van der Waals surface area contributed by atoms with Crippen LogP contribution in [0.3, 0.4) is 0 Å². The van der Waals surface area contributed by atoms with Gasteiger partial charge >= 0.3 is 0 Å². The van der Waals surface area contributed by atoms with Gasteiger partial charge in [-0.05, 0) is 113 Å². The predicted octanol–water partition coefficient (Wildman–Crippen LogP) is 13.2. The van der Waals surface area contributed by atoms with Crippen LogP contribution < -0.4 is 0 Å². The van der Waals surface area contributed by atoms with Gasteiger partial charge in [-0.2, -0.15) is 0 Å². The smallest absolute Gasteiger partial charge is 0.114 e. The quantitative estimate of drug-likeness (QED) is 0.170. The third-order valence-corrected chi connectivity index (χ3v) is 10.5. The van der Waals surface area contributed by atoms with Crippen molar-refractivity contribution < 1.29 is 0 Å². The first-order valence-corrected chi connectivity index (χ1v) is 17.8. The third-order valence-electron chi connectivity index (χ3n) is 10.5. The molecule has 0 radical (unpaired) electrons. The van der Waals surface area contributed by atoms with Gasteiger partial charge in [0.05, 0.1) is 11.0 Å². The topological polar surface area (TPSA) is 17.8 Å². The molecule has 0 aliphatic heterocycles. The lowest BCUT2D eigenvalue weighted by molar-refractivity contribution is 0.908. The van der Waals surface area contributed by atoms with Crippen molar-refractivity contribution in [2.45, 2.75) is 13.3 Å². The molecule has 0 N–H and O–H groups in total. The number of benzene rings is 9. The van der Waals surface area contributed by atoms with E-state index in [1.807, 2.05) is 0 Å². The number of hydrogen-bond acceptors (Lipinski definition) is 1. The van der Waals surface area contributed by atoms with Crippen LogP contribution >= 0.6 is 0 Å². The monoisotopic (exact) mass is 650 g/mol. The van der Waals surface area contributed by atoms with Gasteiger partial charge in [-0.25, -0.2) is 4.98 Å². The van der Waals surface area contributed by atoms with E-state index in [9.17, 15) is 0 Å². The van der Waals surface area contributed by atoms with Gasteiger partial charge < -0.3 is 0 Å². The van der Waals surface area contributed by atoms with Crippen LogP contribution in [-0.4, -0.2) is 9.55 Å². The molecule has 0 atom stereocenters. The molecule has 1 aromatic heterocycles. The average molecular weight is 651 g/mol. The van der Waals surface area contributed by atoms with E-state index < -0.39 is 0 Å². The number of fused-ring (bicyclic) bond motifs is 5. The Morgan fingerprint density at radius 2 is 1.04 bits per heavy atom. The maximum absolute atomic E-state index is 4.94. The normalized spacial score (nSPS) is 11.7. The lowest BCUT2D eigenvalue weighted by atomic mass is 9.83. The highest BCUT2D eigenvalue weighted by Gasteiger charge is 2.19. The summed E-state index contributed by atoms with van der Waals surface area (Å²) in [5.41, 5.74) is 10.7. The van der Waals surface area contributed by atoms with Crippen LogP contribution in [0.2, 0.25) is 0 Å². The molecular weight excluding hydrogens is 617 g/mol. The van der Waals surface area contributed by atoms with Crippen LogP contribution in [0.5, 0.6) is 0 Å². The number of imidazole rings is 1. The summed E-state index contributed by atoms with van der Waals surface area (Å²) in [7, 11) is 0. The zero-order chi connectivity index (χ0) is 33.9. The summed E-state index contributed by atoms with van der Waals surface area (Å²) in [6.45, 7) is 2.17. The maximum Gasteiger partial charge on any atom is 0.114 e. The molecule has 0 spiro atoms. The SMILES string of the molecule is CCc1nc2ccccc2n1-c1ccc(-c2c3ccccc3c(-c3cccc4ccccc34)c3cc(-c4ccc5ccccc5c4)ccc23)cc1. The number of aryl methyl sites for hydroxylation is 1. The molecule has 0 saturated heterocycles. The Labute approximate surface area is 296 Å². The molecule has 2 heteroatoms. The van der Waals surface area contributed by atoms with Crippen molar-refractivity contribution in [3.8, 4) is 39.1 Å². The van der Waals surface area contributed by atoms with E-state index in [2.05, 4.69) is 187 Å². The average Bonchev–Trinajstić information content (AvgIpc) is 3.58. The molecule has 51 heavy (non-hydrogen) atoms. The van der Waals surface area contributed by atoms with Crippen LogP contribution in [0.15, 0.2) is 176 Å². The van der Waals surface area contributed by atoms with Gasteiger partial charge in [-0.1, -0.05) is 146 Å². The van der Waals surface area contributed by atoms with E-state index in [4.69, 9.17) is 4.98 Å². The molecule has 0 saturated carbocycles. The zero-order valence-electron chi connectivity index (χ0n) is 28.3. The van der Waals surface area contributed by atoms with Gasteiger partial charge in [0.1, 0.15) is 5.82 Å². The van der Waals surface area contributed by atoms with Crippen LogP contribution in [0.1, 0.15) is 12.7 Å². The van der Waals surface area contributed by atoms with Gasteiger partial charge in [0.15, 0.2) is 0 Å². The number of hydrogen-bond donors (Lipinski definition) is 0. The van der Waals surface area contributed by atoms with Crippen molar-refractivity contribution in [2.24, 2.45) is 0 Å². The Balaban J connectivity index is 1.25. The molecule has 240 valence electrons. The predicted molar refractivity (Wildman–Crippen MR) is 217 cm³/mol. The van der Waals surface area contributed by atoms with E-state index in [1.165, 1.54) is 76.5 Å². The third kappa shape index (κ3) is 4.75. The Morgan fingerprint density at radius 3 is 1.86 bits per heavy atom. The van der Waals surface area contributed by atoms with Gasteiger partial charge in [-0.3, -0.25) is 4.57 Å². The second-order valence-corrected chi connectivity index (χ2v) is 13.4. The first-order valence-electron chi connectivity index (χ1n) is 17.8. The van der Waals surface area contributed by atoms with E-state index in [1.54, 1.807) is 0 Å². The lowest BCUT2D eigenvalue weighted by Crippen LogP contribution is -2.00. The minimum absolute atomic E-state index is 0.862. The Kier molecular flexibility index (Phi) is 6.82. The van der Waals surface area contributed by atoms with E-state index in [0.29, 0.717) is 0 Å². The van der Waals surface area contributed by atoms with Crippen LogP contribution in [0.25, 0.3) is 93.2 Å². The van der Waals surface area contributed by atoms with Crippen molar-refractivity contribution in [1.82, 2.24) is 9.55 Å². The zero-order valence-corrected chi connectivity index (χ0v) is 28.3. The maximum atomic E-state index is 4.94. The molecular formula is C49H34N2. The highest BCUT2D eigenvalue weighted by atomic mass is 15.1. The lowest BCUT2D eigenvalue weighted by Gasteiger charge is -2.20. The van der Waals surface area contributed by atoms with Crippen LogP contribution in [-0.2, 0) is 6.42 Å². The Morgan fingerprint density at radius 1 is 0.431 bits per heavy atom. The summed E-state index contributed by atoms with van der Waals surface area (Å²) >= 11 is 0. The number of aromatic nitrogens is 2. The molecule has 0 aliphatic rings. The highest BCUT2D eigenvalue weighted by Crippen LogP contribution is 2.46. The van der Waals surface area contributed by atoms with Crippen molar-refractivity contribution in [3.63, 3.8) is 0 Å². The molecule has 0 aliphatic carbocycles. The standard InChI is InChI=1S/C49H34N2/c1-2-47-50-45-20-9-10-21-46(45)51(47)38-27-24-34(25-28-38)48-41-17-7-8-18-42(41)49(40-19-11-15-33-13-5-6-16-39(33)40)44-31-37(26-29-43(44)48)36-23-22-32-12-3-4-14-35(32)30-36/h3-31H,2H2,1H3.